The molecule has 0 N–H and O–H groups in total. The largest absolute Gasteiger partial charge is 0.461 e. The van der Waals surface area contributed by atoms with Gasteiger partial charge in [0.05, 0.1) is 5.92 Å². The number of allylic oxidation sites excluding steroid dienone is 1. The Morgan fingerprint density at radius 2 is 2.33 bits per heavy atom. The van der Waals surface area contributed by atoms with Crippen molar-refractivity contribution < 1.29 is 9.53 Å². The number of fused-ring (bicyclic) bond motifs is 1. The monoisotopic (exact) mass is 166 g/mol. The summed E-state index contributed by atoms with van der Waals surface area (Å²) in [5, 5.41) is 0. The third kappa shape index (κ3) is 1.06. The molecule has 0 spiro atoms. The van der Waals surface area contributed by atoms with E-state index in [1.54, 1.807) is 0 Å². The molecule has 1 fully saturated rings. The van der Waals surface area contributed by atoms with Crippen molar-refractivity contribution in [1.82, 2.24) is 0 Å². The Hall–Kier alpha value is -0.790. The summed E-state index contributed by atoms with van der Waals surface area (Å²) in [4.78, 5) is 11.2. The molecule has 3 atom stereocenters. The SMILES string of the molecule is CC1=C[C@@H]2[C@H](CC1)OC(=O)[C@H]2C. The van der Waals surface area contributed by atoms with E-state index in [2.05, 4.69) is 13.0 Å². The Morgan fingerprint density at radius 3 is 3.08 bits per heavy atom. The first-order valence-corrected chi connectivity index (χ1v) is 4.56. The van der Waals surface area contributed by atoms with Crippen molar-refractivity contribution in [3.63, 3.8) is 0 Å². The van der Waals surface area contributed by atoms with Gasteiger partial charge in [0.2, 0.25) is 0 Å². The van der Waals surface area contributed by atoms with Gasteiger partial charge in [-0.2, -0.15) is 0 Å². The molecule has 0 aromatic carbocycles. The average molecular weight is 166 g/mol. The van der Waals surface area contributed by atoms with Crippen LogP contribution < -0.4 is 0 Å². The van der Waals surface area contributed by atoms with E-state index in [-0.39, 0.29) is 18.0 Å². The van der Waals surface area contributed by atoms with Gasteiger partial charge in [0.25, 0.3) is 0 Å². The topological polar surface area (TPSA) is 26.3 Å². The lowest BCUT2D eigenvalue weighted by molar-refractivity contribution is -0.144. The van der Waals surface area contributed by atoms with E-state index < -0.39 is 0 Å². The zero-order chi connectivity index (χ0) is 8.72. The highest BCUT2D eigenvalue weighted by molar-refractivity contribution is 5.75. The summed E-state index contributed by atoms with van der Waals surface area (Å²) in [6.07, 6.45) is 4.49. The molecule has 0 amide bonds. The van der Waals surface area contributed by atoms with Crippen molar-refractivity contribution in [2.45, 2.75) is 32.8 Å². The number of rotatable bonds is 0. The van der Waals surface area contributed by atoms with E-state index in [4.69, 9.17) is 4.74 Å². The van der Waals surface area contributed by atoms with Crippen LogP contribution in [0.2, 0.25) is 0 Å². The maximum atomic E-state index is 11.2. The van der Waals surface area contributed by atoms with Gasteiger partial charge < -0.3 is 4.74 Å². The fourth-order valence-corrected chi connectivity index (χ4v) is 2.10. The van der Waals surface area contributed by atoms with Gasteiger partial charge >= 0.3 is 5.97 Å². The maximum absolute atomic E-state index is 11.2. The van der Waals surface area contributed by atoms with Gasteiger partial charge in [0, 0.05) is 5.92 Å². The number of hydrogen-bond acceptors (Lipinski definition) is 2. The fourth-order valence-electron chi connectivity index (χ4n) is 2.10. The van der Waals surface area contributed by atoms with E-state index >= 15 is 0 Å². The summed E-state index contributed by atoms with van der Waals surface area (Å²) >= 11 is 0. The third-order valence-corrected chi connectivity index (χ3v) is 2.95. The molecule has 66 valence electrons. The minimum Gasteiger partial charge on any atom is -0.461 e. The lowest BCUT2D eigenvalue weighted by atomic mass is 9.83. The van der Waals surface area contributed by atoms with Crippen LogP contribution in [0.4, 0.5) is 0 Å². The molecule has 0 saturated carbocycles. The highest BCUT2D eigenvalue weighted by atomic mass is 16.6. The van der Waals surface area contributed by atoms with Crippen LogP contribution in [-0.4, -0.2) is 12.1 Å². The van der Waals surface area contributed by atoms with Crippen LogP contribution in [0.15, 0.2) is 11.6 Å². The Kier molecular flexibility index (Phi) is 1.71. The van der Waals surface area contributed by atoms with Gasteiger partial charge in [-0.1, -0.05) is 18.6 Å². The fraction of sp³-hybridized carbons (Fsp3) is 0.700. The van der Waals surface area contributed by atoms with Gasteiger partial charge in [0.1, 0.15) is 6.10 Å². The second kappa shape index (κ2) is 2.61. The van der Waals surface area contributed by atoms with Crippen LogP contribution in [0, 0.1) is 11.8 Å². The summed E-state index contributed by atoms with van der Waals surface area (Å²) in [5.41, 5.74) is 1.40. The Balaban J connectivity index is 2.24. The number of hydrogen-bond donors (Lipinski definition) is 0. The Bertz CT molecular complexity index is 242. The molecule has 2 rings (SSSR count). The van der Waals surface area contributed by atoms with Gasteiger partial charge in [0.15, 0.2) is 0 Å². The molecule has 2 aliphatic rings. The summed E-state index contributed by atoms with van der Waals surface area (Å²) in [7, 11) is 0. The lowest BCUT2D eigenvalue weighted by Crippen LogP contribution is -2.21. The number of esters is 1. The molecule has 0 aromatic rings. The van der Waals surface area contributed by atoms with Crippen LogP contribution in [-0.2, 0) is 9.53 Å². The molecule has 2 heteroatoms. The van der Waals surface area contributed by atoms with Gasteiger partial charge in [-0.25, -0.2) is 0 Å². The zero-order valence-electron chi connectivity index (χ0n) is 7.54. The average Bonchev–Trinajstić information content (AvgIpc) is 2.31. The van der Waals surface area contributed by atoms with Crippen molar-refractivity contribution in [3.05, 3.63) is 11.6 Å². The molecule has 1 aliphatic heterocycles. The maximum Gasteiger partial charge on any atom is 0.309 e. The quantitative estimate of drug-likeness (QED) is 0.406. The third-order valence-electron chi connectivity index (χ3n) is 2.95. The first-order valence-electron chi connectivity index (χ1n) is 4.56. The molecule has 1 heterocycles. The highest BCUT2D eigenvalue weighted by Gasteiger charge is 2.41. The molecule has 2 nitrogen and oxygen atoms in total. The van der Waals surface area contributed by atoms with E-state index in [0.717, 1.165) is 12.8 Å². The molecule has 1 aliphatic carbocycles. The summed E-state index contributed by atoms with van der Waals surface area (Å²) < 4.78 is 5.24. The van der Waals surface area contributed by atoms with Crippen molar-refractivity contribution in [3.8, 4) is 0 Å². The second-order valence-corrected chi connectivity index (χ2v) is 3.89. The van der Waals surface area contributed by atoms with E-state index in [0.29, 0.717) is 5.92 Å². The molecule has 0 radical (unpaired) electrons. The highest BCUT2D eigenvalue weighted by Crippen LogP contribution is 2.36. The molecule has 0 unspecified atom stereocenters. The summed E-state index contributed by atoms with van der Waals surface area (Å²) in [6.45, 7) is 4.09. The number of ether oxygens (including phenoxy) is 1. The summed E-state index contributed by atoms with van der Waals surface area (Å²) in [5.74, 6) is 0.410. The molecular weight excluding hydrogens is 152 g/mol. The van der Waals surface area contributed by atoms with Gasteiger partial charge in [-0.15, -0.1) is 0 Å². The molecule has 0 bridgehead atoms. The standard InChI is InChI=1S/C10H14O2/c1-6-3-4-9-8(5-6)7(2)10(11)12-9/h5,7-9H,3-4H2,1-2H3/t7-,8-,9-/m0/s1. The molecular formula is C10H14O2. The van der Waals surface area contributed by atoms with Crippen LogP contribution in [0.5, 0.6) is 0 Å². The number of carbonyl (C=O) groups is 1. The lowest BCUT2D eigenvalue weighted by Gasteiger charge is -2.21. The van der Waals surface area contributed by atoms with Crippen LogP contribution >= 0.6 is 0 Å². The van der Waals surface area contributed by atoms with Crippen molar-refractivity contribution >= 4 is 5.97 Å². The van der Waals surface area contributed by atoms with Crippen LogP contribution in [0.25, 0.3) is 0 Å². The summed E-state index contributed by atoms with van der Waals surface area (Å²) in [6, 6.07) is 0. The minimum absolute atomic E-state index is 0.0176. The van der Waals surface area contributed by atoms with E-state index in [1.807, 2.05) is 6.92 Å². The van der Waals surface area contributed by atoms with Crippen molar-refractivity contribution in [2.75, 3.05) is 0 Å². The van der Waals surface area contributed by atoms with Gasteiger partial charge in [-0.3, -0.25) is 4.79 Å². The smallest absolute Gasteiger partial charge is 0.309 e. The van der Waals surface area contributed by atoms with Crippen molar-refractivity contribution in [1.29, 1.82) is 0 Å². The molecule has 0 aromatic heterocycles. The van der Waals surface area contributed by atoms with Crippen LogP contribution in [0.1, 0.15) is 26.7 Å². The Morgan fingerprint density at radius 1 is 1.58 bits per heavy atom. The molecule has 1 saturated heterocycles. The van der Waals surface area contributed by atoms with E-state index in [1.165, 1.54) is 5.57 Å². The normalized spacial score (nSPS) is 40.3. The first-order chi connectivity index (χ1) is 5.68. The minimum atomic E-state index is -0.0176. The predicted molar refractivity (Wildman–Crippen MR) is 45.5 cm³/mol. The predicted octanol–water partition coefficient (Wildman–Crippen LogP) is 1.90. The van der Waals surface area contributed by atoms with Crippen LogP contribution in [0.3, 0.4) is 0 Å². The van der Waals surface area contributed by atoms with E-state index in [9.17, 15) is 4.79 Å². The zero-order valence-corrected chi connectivity index (χ0v) is 7.54. The first kappa shape index (κ1) is 7.84. The van der Waals surface area contributed by atoms with Crippen molar-refractivity contribution in [2.24, 2.45) is 11.8 Å². The second-order valence-electron chi connectivity index (χ2n) is 3.89. The Labute approximate surface area is 72.6 Å². The molecule has 12 heavy (non-hydrogen) atoms. The number of carbonyl (C=O) groups excluding carboxylic acids is 1. The van der Waals surface area contributed by atoms with Gasteiger partial charge in [-0.05, 0) is 19.8 Å².